The fraction of sp³-hybridized carbons (Fsp3) is 0.233. The molecule has 3 aromatic rings. The maximum atomic E-state index is 5.11. The van der Waals surface area contributed by atoms with Crippen LogP contribution in [0.2, 0.25) is 0 Å². The molecule has 5 unspecified atom stereocenters. The Hall–Kier alpha value is -4.69. The quantitative estimate of drug-likeness (QED) is 0.299. The van der Waals surface area contributed by atoms with Crippen LogP contribution in [0.5, 0.6) is 0 Å². The number of para-hydroxylation sites is 2. The molecule has 220 valence electrons. The van der Waals surface area contributed by atoms with E-state index in [4.69, 9.17) is 4.98 Å². The van der Waals surface area contributed by atoms with E-state index in [0.717, 1.165) is 42.6 Å². The molecule has 2 nitrogen and oxygen atoms in total. The van der Waals surface area contributed by atoms with Gasteiger partial charge >= 0.3 is 0 Å². The highest BCUT2D eigenvalue weighted by molar-refractivity contribution is 5.81. The van der Waals surface area contributed by atoms with Crippen LogP contribution in [0.1, 0.15) is 38.1 Å². The van der Waals surface area contributed by atoms with Gasteiger partial charge in [0.25, 0.3) is 0 Å². The van der Waals surface area contributed by atoms with Gasteiger partial charge in [-0.15, -0.1) is 0 Å². The predicted molar refractivity (Wildman–Crippen MR) is 186 cm³/mol. The SMILES string of the molecule is C1=CC2C=CC(C3C4=C(CCC=C4)C(C4=CCC(n5c(-c6ccccc6)nc6ccccc65)C=C4)=C4C=CCCC43)=CC2C=C1. The van der Waals surface area contributed by atoms with E-state index >= 15 is 0 Å². The third-order valence-corrected chi connectivity index (χ3v) is 10.7. The van der Waals surface area contributed by atoms with Crippen molar-refractivity contribution in [2.24, 2.45) is 23.7 Å². The van der Waals surface area contributed by atoms with Crippen LogP contribution in [0.4, 0.5) is 0 Å². The normalized spacial score (nSPS) is 28.2. The van der Waals surface area contributed by atoms with Gasteiger partial charge in [0, 0.05) is 23.3 Å². The zero-order chi connectivity index (χ0) is 29.7. The van der Waals surface area contributed by atoms with Gasteiger partial charge in [-0.3, -0.25) is 0 Å². The lowest BCUT2D eigenvalue weighted by Crippen LogP contribution is -2.30. The van der Waals surface area contributed by atoms with Crippen LogP contribution in [0.15, 0.2) is 173 Å². The van der Waals surface area contributed by atoms with Crippen molar-refractivity contribution in [3.05, 3.63) is 173 Å². The number of fused-ring (bicyclic) bond motifs is 3. The van der Waals surface area contributed by atoms with E-state index in [9.17, 15) is 0 Å². The lowest BCUT2D eigenvalue weighted by molar-refractivity contribution is 0.444. The lowest BCUT2D eigenvalue weighted by Gasteiger charge is -2.42. The zero-order valence-electron chi connectivity index (χ0n) is 25.6. The summed E-state index contributed by atoms with van der Waals surface area (Å²) in [6.07, 6.45) is 39.3. The molecule has 2 heteroatoms. The van der Waals surface area contributed by atoms with Crippen LogP contribution in [-0.4, -0.2) is 9.55 Å². The van der Waals surface area contributed by atoms with Crippen LogP contribution >= 0.6 is 0 Å². The van der Waals surface area contributed by atoms with Crippen molar-refractivity contribution in [2.45, 2.75) is 38.1 Å². The summed E-state index contributed by atoms with van der Waals surface area (Å²) in [6, 6.07) is 19.4. The molecule has 0 saturated carbocycles. The number of nitrogens with zero attached hydrogens (tertiary/aromatic N) is 2. The van der Waals surface area contributed by atoms with Crippen molar-refractivity contribution in [1.82, 2.24) is 9.55 Å². The molecule has 0 aliphatic heterocycles. The zero-order valence-corrected chi connectivity index (χ0v) is 25.6. The van der Waals surface area contributed by atoms with Gasteiger partial charge in [0.05, 0.1) is 17.1 Å². The number of rotatable bonds is 4. The van der Waals surface area contributed by atoms with Crippen molar-refractivity contribution in [1.29, 1.82) is 0 Å². The van der Waals surface area contributed by atoms with E-state index in [-0.39, 0.29) is 6.04 Å². The van der Waals surface area contributed by atoms with Crippen LogP contribution < -0.4 is 0 Å². The fourth-order valence-electron chi connectivity index (χ4n) is 8.63. The van der Waals surface area contributed by atoms with E-state index in [1.807, 2.05) is 0 Å². The first-order valence-corrected chi connectivity index (χ1v) is 16.8. The second kappa shape index (κ2) is 11.0. The third kappa shape index (κ3) is 4.50. The lowest BCUT2D eigenvalue weighted by atomic mass is 9.62. The Bertz CT molecular complexity index is 1990. The molecule has 9 rings (SSSR count). The number of aromatic nitrogens is 2. The summed E-state index contributed by atoms with van der Waals surface area (Å²) in [5.74, 6) is 2.96. The first-order valence-electron chi connectivity index (χ1n) is 16.8. The molecule has 6 aliphatic carbocycles. The molecule has 6 aliphatic rings. The Morgan fingerprint density at radius 1 is 0.733 bits per heavy atom. The van der Waals surface area contributed by atoms with Gasteiger partial charge in [-0.25, -0.2) is 4.98 Å². The average Bonchev–Trinajstić information content (AvgIpc) is 3.51. The Morgan fingerprint density at radius 3 is 2.44 bits per heavy atom. The fourth-order valence-corrected chi connectivity index (χ4v) is 8.63. The smallest absolute Gasteiger partial charge is 0.141 e. The van der Waals surface area contributed by atoms with Gasteiger partial charge in [0.1, 0.15) is 5.82 Å². The molecule has 0 saturated heterocycles. The summed E-state index contributed by atoms with van der Waals surface area (Å²) < 4.78 is 2.45. The highest BCUT2D eigenvalue weighted by Gasteiger charge is 2.39. The molecule has 2 aromatic carbocycles. The van der Waals surface area contributed by atoms with Crippen molar-refractivity contribution in [3.63, 3.8) is 0 Å². The van der Waals surface area contributed by atoms with Crippen LogP contribution in [0.3, 0.4) is 0 Å². The summed E-state index contributed by atoms with van der Waals surface area (Å²) in [6.45, 7) is 0. The topological polar surface area (TPSA) is 17.8 Å². The van der Waals surface area contributed by atoms with Crippen LogP contribution in [-0.2, 0) is 0 Å². The van der Waals surface area contributed by atoms with Gasteiger partial charge in [-0.05, 0) is 83.6 Å². The van der Waals surface area contributed by atoms with Crippen molar-refractivity contribution in [2.75, 3.05) is 0 Å². The van der Waals surface area contributed by atoms with E-state index in [0.29, 0.717) is 23.7 Å². The highest BCUT2D eigenvalue weighted by Crippen LogP contribution is 2.53. The first-order chi connectivity index (χ1) is 22.3. The minimum absolute atomic E-state index is 0.221. The maximum absolute atomic E-state index is 5.11. The Labute approximate surface area is 266 Å². The molecule has 0 amide bonds. The van der Waals surface area contributed by atoms with E-state index in [1.165, 1.54) is 28.7 Å². The van der Waals surface area contributed by atoms with Crippen molar-refractivity contribution in [3.8, 4) is 11.4 Å². The van der Waals surface area contributed by atoms with Gasteiger partial charge in [-0.2, -0.15) is 0 Å². The number of benzene rings is 2. The van der Waals surface area contributed by atoms with Crippen molar-refractivity contribution < 1.29 is 0 Å². The number of imidazole rings is 1. The number of hydrogen-bond donors (Lipinski definition) is 0. The Balaban J connectivity index is 1.11. The maximum Gasteiger partial charge on any atom is 0.141 e. The van der Waals surface area contributed by atoms with E-state index < -0.39 is 0 Å². The minimum atomic E-state index is 0.221. The molecule has 1 heterocycles. The Kier molecular flexibility index (Phi) is 6.54. The summed E-state index contributed by atoms with van der Waals surface area (Å²) in [7, 11) is 0. The first kappa shape index (κ1) is 26.7. The van der Waals surface area contributed by atoms with Crippen LogP contribution in [0.25, 0.3) is 22.4 Å². The predicted octanol–water partition coefficient (Wildman–Crippen LogP) is 10.5. The summed E-state index contributed by atoms with van der Waals surface area (Å²) >= 11 is 0. The minimum Gasteiger partial charge on any atom is -0.317 e. The van der Waals surface area contributed by atoms with Gasteiger partial charge in [-0.1, -0.05) is 128 Å². The van der Waals surface area contributed by atoms with Crippen molar-refractivity contribution >= 4 is 11.0 Å². The molecule has 0 radical (unpaired) electrons. The van der Waals surface area contributed by atoms with E-state index in [2.05, 4.69) is 144 Å². The molecule has 0 spiro atoms. The van der Waals surface area contributed by atoms with Crippen LogP contribution in [0, 0.1) is 23.7 Å². The van der Waals surface area contributed by atoms with Gasteiger partial charge in [0.2, 0.25) is 0 Å². The summed E-state index contributed by atoms with van der Waals surface area (Å²) in [5.41, 5.74) is 12.5. The molecule has 45 heavy (non-hydrogen) atoms. The third-order valence-electron chi connectivity index (χ3n) is 10.7. The summed E-state index contributed by atoms with van der Waals surface area (Å²) in [4.78, 5) is 5.11. The Morgan fingerprint density at radius 2 is 1.56 bits per heavy atom. The summed E-state index contributed by atoms with van der Waals surface area (Å²) in [5, 5.41) is 0. The monoisotopic (exact) mass is 582 g/mol. The molecule has 0 bridgehead atoms. The highest BCUT2D eigenvalue weighted by atomic mass is 15.1. The molecule has 1 aromatic heterocycles. The van der Waals surface area contributed by atoms with Gasteiger partial charge < -0.3 is 4.57 Å². The average molecular weight is 583 g/mol. The van der Waals surface area contributed by atoms with E-state index in [1.54, 1.807) is 16.7 Å². The molecule has 5 atom stereocenters. The molecular weight excluding hydrogens is 544 g/mol. The second-order valence-corrected chi connectivity index (χ2v) is 13.2. The second-order valence-electron chi connectivity index (χ2n) is 13.2. The largest absolute Gasteiger partial charge is 0.317 e. The number of hydrogen-bond acceptors (Lipinski definition) is 1. The molecule has 0 fully saturated rings. The molecule has 0 N–H and O–H groups in total. The standard InChI is InChI=1S/C43H38N2/c1-2-13-31(14-3-1)43-44-39-20-10-11-21-40(39)45(43)34-26-24-30(25-27-34)41-35-16-6-8-18-37(35)42(38-19-9-7-17-36(38)41)33-23-22-29-12-4-5-15-32(29)28-33/h1-6,9-16,19-26,28-29,32,34,37,42H,7-8,17-18,27H2. The molecular formula is C43H38N2. The van der Waals surface area contributed by atoms with Gasteiger partial charge in [0.15, 0.2) is 0 Å². The number of allylic oxidation sites excluding steroid dienone is 20.